The van der Waals surface area contributed by atoms with Gasteiger partial charge in [-0.05, 0) is 62.1 Å². The minimum Gasteiger partial charge on any atom is -0.494 e. The van der Waals surface area contributed by atoms with Crippen LogP contribution in [0.1, 0.15) is 58.8 Å². The number of pyridine rings is 1. The number of ether oxygens (including phenoxy) is 2. The van der Waals surface area contributed by atoms with Crippen molar-refractivity contribution < 1.29 is 46.6 Å². The predicted octanol–water partition coefficient (Wildman–Crippen LogP) is 2.86. The highest BCUT2D eigenvalue weighted by Crippen LogP contribution is 2.46. The van der Waals surface area contributed by atoms with Gasteiger partial charge in [0.25, 0.3) is 5.91 Å². The van der Waals surface area contributed by atoms with Gasteiger partial charge in [-0.1, -0.05) is 32.4 Å². The number of hydrogen-bond donors (Lipinski definition) is 4. The van der Waals surface area contributed by atoms with Crippen LogP contribution in [-0.4, -0.2) is 89.9 Å². The molecule has 2 saturated carbocycles. The number of fused-ring (bicyclic) bond motifs is 3. The van der Waals surface area contributed by atoms with Crippen LogP contribution < -0.4 is 24.8 Å². The number of carbonyl (C=O) groups excluding carboxylic acids is 3. The van der Waals surface area contributed by atoms with Gasteiger partial charge in [-0.2, -0.15) is 0 Å². The number of nitrogens with zero attached hydrogens (tertiary/aromatic N) is 2. The number of aromatic nitrogens is 1. The van der Waals surface area contributed by atoms with Gasteiger partial charge in [-0.15, -0.1) is 0 Å². The van der Waals surface area contributed by atoms with E-state index in [0.29, 0.717) is 42.2 Å². The summed E-state index contributed by atoms with van der Waals surface area (Å²) in [7, 11) is -2.48. The van der Waals surface area contributed by atoms with Crippen molar-refractivity contribution in [3.8, 4) is 11.6 Å². The quantitative estimate of drug-likeness (QED) is 0.310. The third kappa shape index (κ3) is 7.21. The van der Waals surface area contributed by atoms with E-state index in [-0.39, 0.29) is 31.2 Å². The lowest BCUT2D eigenvalue weighted by atomic mass is 9.92. The van der Waals surface area contributed by atoms with E-state index in [9.17, 15) is 37.1 Å². The summed E-state index contributed by atoms with van der Waals surface area (Å²) >= 11 is 0. The number of rotatable bonds is 7. The Balaban J connectivity index is 1.34. The second-order valence-electron chi connectivity index (χ2n) is 13.9. The van der Waals surface area contributed by atoms with E-state index in [2.05, 4.69) is 20.3 Å². The lowest BCUT2D eigenvalue weighted by Gasteiger charge is -2.31. The Kier molecular flexibility index (Phi) is 9.68. The van der Waals surface area contributed by atoms with Crippen molar-refractivity contribution in [1.82, 2.24) is 25.2 Å². The number of benzene rings is 1. The fraction of sp³-hybridized carbons (Fsp3) is 0.559. The van der Waals surface area contributed by atoms with Crippen LogP contribution in [0, 0.1) is 23.6 Å². The highest BCUT2D eigenvalue weighted by Gasteiger charge is 2.62. The topological polar surface area (TPSA) is 193 Å². The predicted molar refractivity (Wildman–Crippen MR) is 178 cm³/mol. The standard InChI is InChI=1S/C34H42FN5O9S/c1-18-5-4-6-19(2)28(37-33(44)45)31(42)40-17-22(49-30-25-13-21(35)9-12-24(25)27(48-3)16-36-30)14-26(40)29(41)38-34(15-20(34)8-7-18)32(43)39-50(46,47)23-10-11-23/h7-9,12-13,16,18-20,22-23,26,28,37H,4-6,10-11,14-15,17H2,1-3H3,(H,38,41)(H,39,43)(H,44,45)/b8-7-/t18-,19-,20-,22-,26+,28+,34-/m1/s1. The normalized spacial score (nSPS) is 30.9. The highest BCUT2D eigenvalue weighted by molar-refractivity contribution is 7.91. The van der Waals surface area contributed by atoms with Crippen LogP contribution >= 0.6 is 0 Å². The number of amides is 4. The summed E-state index contributed by atoms with van der Waals surface area (Å²) in [5.41, 5.74) is -1.57. The molecule has 4 amide bonds. The molecule has 1 aromatic heterocycles. The van der Waals surface area contributed by atoms with Crippen LogP contribution in [0.3, 0.4) is 0 Å². The number of carboxylic acid groups (broad SMARTS) is 1. The molecule has 270 valence electrons. The molecule has 4 aliphatic rings. The summed E-state index contributed by atoms with van der Waals surface area (Å²) in [6, 6.07) is 1.61. The summed E-state index contributed by atoms with van der Waals surface area (Å²) in [6.07, 6.45) is 5.79. The van der Waals surface area contributed by atoms with Gasteiger partial charge >= 0.3 is 6.09 Å². The smallest absolute Gasteiger partial charge is 0.405 e. The second-order valence-corrected chi connectivity index (χ2v) is 15.9. The fourth-order valence-electron chi connectivity index (χ4n) is 7.03. The molecule has 2 aliphatic carbocycles. The minimum atomic E-state index is -3.93. The van der Waals surface area contributed by atoms with Gasteiger partial charge in [0.1, 0.15) is 35.3 Å². The lowest BCUT2D eigenvalue weighted by molar-refractivity contribution is -0.142. The number of hydrogen-bond acceptors (Lipinski definition) is 9. The van der Waals surface area contributed by atoms with Gasteiger partial charge in [0, 0.05) is 17.7 Å². The average molecular weight is 716 g/mol. The van der Waals surface area contributed by atoms with Gasteiger partial charge < -0.3 is 30.1 Å². The van der Waals surface area contributed by atoms with Gasteiger partial charge in [0.2, 0.25) is 27.7 Å². The third-order valence-corrected chi connectivity index (χ3v) is 12.0. The molecule has 0 unspecified atom stereocenters. The number of allylic oxidation sites excluding steroid dienone is 1. The van der Waals surface area contributed by atoms with Crippen LogP contribution in [0.2, 0.25) is 0 Å². The molecule has 4 N–H and O–H groups in total. The number of carbonyl (C=O) groups is 4. The zero-order valence-corrected chi connectivity index (χ0v) is 28.9. The first-order valence-corrected chi connectivity index (χ1v) is 18.4. The molecular weight excluding hydrogens is 673 g/mol. The van der Waals surface area contributed by atoms with E-state index in [1.54, 1.807) is 6.92 Å². The van der Waals surface area contributed by atoms with Crippen LogP contribution in [0.15, 0.2) is 36.5 Å². The van der Waals surface area contributed by atoms with E-state index in [1.807, 2.05) is 19.1 Å². The van der Waals surface area contributed by atoms with E-state index < -0.39 is 80.5 Å². The molecule has 50 heavy (non-hydrogen) atoms. The molecule has 1 saturated heterocycles. The van der Waals surface area contributed by atoms with Gasteiger partial charge in [-0.3, -0.25) is 19.1 Å². The monoisotopic (exact) mass is 715 g/mol. The van der Waals surface area contributed by atoms with E-state index in [4.69, 9.17) is 9.47 Å². The van der Waals surface area contributed by atoms with Crippen molar-refractivity contribution in [2.75, 3.05) is 13.7 Å². The molecule has 6 rings (SSSR count). The largest absolute Gasteiger partial charge is 0.494 e. The first-order valence-electron chi connectivity index (χ1n) is 16.9. The molecule has 16 heteroatoms. The Labute approximate surface area is 289 Å². The third-order valence-electron chi connectivity index (χ3n) is 10.2. The molecule has 1 aromatic carbocycles. The van der Waals surface area contributed by atoms with Crippen molar-refractivity contribution >= 4 is 44.6 Å². The fourth-order valence-corrected chi connectivity index (χ4v) is 8.39. The number of nitrogens with one attached hydrogen (secondary N) is 3. The van der Waals surface area contributed by atoms with Gasteiger partial charge in [-0.25, -0.2) is 22.6 Å². The van der Waals surface area contributed by atoms with Crippen LogP contribution in [0.5, 0.6) is 11.6 Å². The Morgan fingerprint density at radius 2 is 1.88 bits per heavy atom. The van der Waals surface area contributed by atoms with Gasteiger partial charge in [0.05, 0.1) is 30.5 Å². The molecule has 0 radical (unpaired) electrons. The Bertz CT molecular complexity index is 1840. The summed E-state index contributed by atoms with van der Waals surface area (Å²) < 4.78 is 53.7. The number of methoxy groups -OCH3 is 1. The van der Waals surface area contributed by atoms with Crippen molar-refractivity contribution in [2.24, 2.45) is 17.8 Å². The van der Waals surface area contributed by atoms with E-state index in [0.717, 1.165) is 6.42 Å². The molecule has 0 bridgehead atoms. The SMILES string of the molecule is COc1cnc(O[C@@H]2C[C@H]3C(=O)N[C@]4(C(=O)NS(=O)(=O)C5CC5)C[C@H]4/C=C\[C@H](C)CCC[C@@H](C)[C@H](NC(=O)O)C(=O)N3C2)c2cc(F)ccc12. The van der Waals surface area contributed by atoms with Crippen molar-refractivity contribution in [3.05, 3.63) is 42.4 Å². The summed E-state index contributed by atoms with van der Waals surface area (Å²) in [6.45, 7) is 3.61. The minimum absolute atomic E-state index is 0.0390. The van der Waals surface area contributed by atoms with Crippen molar-refractivity contribution in [2.45, 2.75) is 87.8 Å². The van der Waals surface area contributed by atoms with Crippen LogP contribution in [0.4, 0.5) is 9.18 Å². The van der Waals surface area contributed by atoms with Crippen molar-refractivity contribution in [3.63, 3.8) is 0 Å². The maximum atomic E-state index is 14.4. The molecule has 2 aliphatic heterocycles. The van der Waals surface area contributed by atoms with Crippen LogP contribution in [-0.2, 0) is 24.4 Å². The van der Waals surface area contributed by atoms with E-state index >= 15 is 0 Å². The molecule has 2 aromatic rings. The maximum absolute atomic E-state index is 14.4. The number of halogens is 1. The lowest BCUT2D eigenvalue weighted by Crippen LogP contribution is -2.59. The summed E-state index contributed by atoms with van der Waals surface area (Å²) in [5, 5.41) is 15.0. The molecule has 3 fully saturated rings. The number of sulfonamides is 1. The Hall–Kier alpha value is -4.47. The molecule has 7 atom stereocenters. The summed E-state index contributed by atoms with van der Waals surface area (Å²) in [5.74, 6) is -3.19. The van der Waals surface area contributed by atoms with Crippen LogP contribution in [0.25, 0.3) is 10.8 Å². The molecule has 0 spiro atoms. The Morgan fingerprint density at radius 3 is 2.58 bits per heavy atom. The van der Waals surface area contributed by atoms with Crippen molar-refractivity contribution in [1.29, 1.82) is 0 Å². The summed E-state index contributed by atoms with van der Waals surface area (Å²) in [4.78, 5) is 59.6. The Morgan fingerprint density at radius 1 is 1.12 bits per heavy atom. The molecule has 3 heterocycles. The maximum Gasteiger partial charge on any atom is 0.405 e. The zero-order chi connectivity index (χ0) is 36.0. The zero-order valence-electron chi connectivity index (χ0n) is 28.1. The highest BCUT2D eigenvalue weighted by atomic mass is 32.2. The second kappa shape index (κ2) is 13.7. The average Bonchev–Trinajstić information content (AvgIpc) is 3.99. The van der Waals surface area contributed by atoms with Gasteiger partial charge in [0.15, 0.2) is 0 Å². The first kappa shape index (κ1) is 35.4. The van der Waals surface area contributed by atoms with E-state index in [1.165, 1.54) is 36.4 Å². The molecule has 14 nitrogen and oxygen atoms in total. The first-order chi connectivity index (χ1) is 23.7. The molecular formula is C34H42FN5O9S.